The van der Waals surface area contributed by atoms with Gasteiger partial charge < -0.3 is 20.3 Å². The van der Waals surface area contributed by atoms with E-state index in [9.17, 15) is 5.11 Å². The molecule has 3 rings (SSSR count). The topological polar surface area (TPSA) is 64.7 Å². The normalized spacial score (nSPS) is 20.9. The Morgan fingerprint density at radius 2 is 1.94 bits per heavy atom. The predicted octanol–water partition coefficient (Wildman–Crippen LogP) is 1.93. The standard InChI is InChI=1S/C14H19NO3/c15-9-14(5-1-6-14)10-3-4-11-13(12(10)16)18-8-2-7-17-11/h3-4,16H,1-2,5-9,15H2. The van der Waals surface area contributed by atoms with E-state index < -0.39 is 0 Å². The highest BCUT2D eigenvalue weighted by atomic mass is 16.5. The summed E-state index contributed by atoms with van der Waals surface area (Å²) in [6, 6.07) is 3.83. The van der Waals surface area contributed by atoms with Crippen molar-refractivity contribution in [2.24, 2.45) is 5.73 Å². The number of phenols is 1. The number of ether oxygens (including phenoxy) is 2. The van der Waals surface area contributed by atoms with Gasteiger partial charge in [-0.15, -0.1) is 0 Å². The highest BCUT2D eigenvalue weighted by Crippen LogP contribution is 2.51. The quantitative estimate of drug-likeness (QED) is 0.840. The summed E-state index contributed by atoms with van der Waals surface area (Å²) in [5.41, 5.74) is 6.75. The zero-order valence-corrected chi connectivity index (χ0v) is 10.4. The second kappa shape index (κ2) is 4.35. The second-order valence-electron chi connectivity index (χ2n) is 5.18. The van der Waals surface area contributed by atoms with Crippen LogP contribution in [0.5, 0.6) is 17.2 Å². The summed E-state index contributed by atoms with van der Waals surface area (Å²) < 4.78 is 11.2. The molecule has 1 aromatic rings. The van der Waals surface area contributed by atoms with Crippen molar-refractivity contribution in [3.63, 3.8) is 0 Å². The number of nitrogens with two attached hydrogens (primary N) is 1. The lowest BCUT2D eigenvalue weighted by Gasteiger charge is -2.42. The number of aromatic hydroxyl groups is 1. The third-order valence-corrected chi connectivity index (χ3v) is 4.16. The molecule has 1 fully saturated rings. The minimum atomic E-state index is -0.0607. The van der Waals surface area contributed by atoms with E-state index in [4.69, 9.17) is 15.2 Å². The first kappa shape index (κ1) is 11.7. The number of fused-ring (bicyclic) bond motifs is 1. The smallest absolute Gasteiger partial charge is 0.203 e. The van der Waals surface area contributed by atoms with Gasteiger partial charge in [-0.3, -0.25) is 0 Å². The van der Waals surface area contributed by atoms with Crippen LogP contribution < -0.4 is 15.2 Å². The molecule has 0 spiro atoms. The van der Waals surface area contributed by atoms with Gasteiger partial charge >= 0.3 is 0 Å². The van der Waals surface area contributed by atoms with Crippen LogP contribution in [0.1, 0.15) is 31.2 Å². The first-order valence-corrected chi connectivity index (χ1v) is 6.59. The second-order valence-corrected chi connectivity index (χ2v) is 5.18. The van der Waals surface area contributed by atoms with Crippen molar-refractivity contribution in [1.29, 1.82) is 0 Å². The molecule has 1 heterocycles. The molecule has 2 aliphatic rings. The zero-order chi connectivity index (χ0) is 12.6. The monoisotopic (exact) mass is 249 g/mol. The van der Waals surface area contributed by atoms with Crippen LogP contribution >= 0.6 is 0 Å². The molecule has 0 unspecified atom stereocenters. The van der Waals surface area contributed by atoms with Crippen molar-refractivity contribution in [3.8, 4) is 17.2 Å². The Morgan fingerprint density at radius 3 is 2.61 bits per heavy atom. The molecule has 0 bridgehead atoms. The van der Waals surface area contributed by atoms with Gasteiger partial charge in [-0.2, -0.15) is 0 Å². The van der Waals surface area contributed by atoms with Crippen LogP contribution in [0.4, 0.5) is 0 Å². The van der Waals surface area contributed by atoms with Gasteiger partial charge in [0.25, 0.3) is 0 Å². The van der Waals surface area contributed by atoms with Crippen LogP contribution in [-0.2, 0) is 5.41 Å². The van der Waals surface area contributed by atoms with Gasteiger partial charge in [-0.25, -0.2) is 0 Å². The van der Waals surface area contributed by atoms with Crippen molar-refractivity contribution in [3.05, 3.63) is 17.7 Å². The maximum absolute atomic E-state index is 10.4. The summed E-state index contributed by atoms with van der Waals surface area (Å²) in [6.45, 7) is 1.79. The molecule has 98 valence electrons. The van der Waals surface area contributed by atoms with Gasteiger partial charge in [0.2, 0.25) is 5.75 Å². The van der Waals surface area contributed by atoms with E-state index in [0.29, 0.717) is 31.3 Å². The highest BCUT2D eigenvalue weighted by Gasteiger charge is 2.40. The van der Waals surface area contributed by atoms with Crippen molar-refractivity contribution >= 4 is 0 Å². The first-order valence-electron chi connectivity index (χ1n) is 6.59. The van der Waals surface area contributed by atoms with E-state index in [1.807, 2.05) is 12.1 Å². The Balaban J connectivity index is 2.04. The first-order chi connectivity index (χ1) is 8.77. The van der Waals surface area contributed by atoms with Gasteiger partial charge in [0.1, 0.15) is 0 Å². The fraction of sp³-hybridized carbons (Fsp3) is 0.571. The van der Waals surface area contributed by atoms with Crippen molar-refractivity contribution in [2.45, 2.75) is 31.1 Å². The van der Waals surface area contributed by atoms with E-state index in [1.54, 1.807) is 0 Å². The molecule has 18 heavy (non-hydrogen) atoms. The van der Waals surface area contributed by atoms with Crippen LogP contribution in [0.15, 0.2) is 12.1 Å². The molecule has 1 aromatic carbocycles. The molecule has 1 saturated carbocycles. The average molecular weight is 249 g/mol. The summed E-state index contributed by atoms with van der Waals surface area (Å²) in [5, 5.41) is 10.4. The van der Waals surface area contributed by atoms with E-state index in [-0.39, 0.29) is 11.2 Å². The molecule has 0 radical (unpaired) electrons. The summed E-state index contributed by atoms with van der Waals surface area (Å²) >= 11 is 0. The summed E-state index contributed by atoms with van der Waals surface area (Å²) in [5.74, 6) is 1.35. The summed E-state index contributed by atoms with van der Waals surface area (Å²) in [4.78, 5) is 0. The lowest BCUT2D eigenvalue weighted by atomic mass is 9.64. The molecule has 4 heteroatoms. The van der Waals surface area contributed by atoms with Crippen LogP contribution in [0, 0.1) is 0 Å². The van der Waals surface area contributed by atoms with E-state index in [0.717, 1.165) is 24.8 Å². The van der Waals surface area contributed by atoms with E-state index in [1.165, 1.54) is 6.42 Å². The Labute approximate surface area is 107 Å². The Morgan fingerprint density at radius 1 is 1.17 bits per heavy atom. The van der Waals surface area contributed by atoms with E-state index in [2.05, 4.69) is 0 Å². The lowest BCUT2D eigenvalue weighted by Crippen LogP contribution is -2.41. The lowest BCUT2D eigenvalue weighted by molar-refractivity contribution is 0.239. The Kier molecular flexibility index (Phi) is 2.82. The number of rotatable bonds is 2. The summed E-state index contributed by atoms with van der Waals surface area (Å²) in [6.07, 6.45) is 4.09. The molecule has 0 atom stereocenters. The fourth-order valence-corrected chi connectivity index (χ4v) is 2.84. The molecular formula is C14H19NO3. The van der Waals surface area contributed by atoms with Crippen LogP contribution in [0.2, 0.25) is 0 Å². The average Bonchev–Trinajstić information content (AvgIpc) is 2.57. The van der Waals surface area contributed by atoms with Gasteiger partial charge in [-0.1, -0.05) is 12.5 Å². The maximum Gasteiger partial charge on any atom is 0.203 e. The zero-order valence-electron chi connectivity index (χ0n) is 10.4. The predicted molar refractivity (Wildman–Crippen MR) is 68.3 cm³/mol. The minimum absolute atomic E-state index is 0.0607. The number of hydrogen-bond donors (Lipinski definition) is 2. The van der Waals surface area contributed by atoms with Gasteiger partial charge in [0, 0.05) is 23.9 Å². The van der Waals surface area contributed by atoms with Crippen LogP contribution in [0.3, 0.4) is 0 Å². The van der Waals surface area contributed by atoms with Crippen molar-refractivity contribution in [1.82, 2.24) is 0 Å². The number of hydrogen-bond acceptors (Lipinski definition) is 4. The van der Waals surface area contributed by atoms with E-state index >= 15 is 0 Å². The molecule has 1 aliphatic carbocycles. The SMILES string of the molecule is NCC1(c2ccc3c(c2O)OCCCO3)CCC1. The van der Waals surface area contributed by atoms with Crippen LogP contribution in [-0.4, -0.2) is 24.9 Å². The largest absolute Gasteiger partial charge is 0.504 e. The molecule has 0 aromatic heterocycles. The molecule has 0 amide bonds. The highest BCUT2D eigenvalue weighted by molar-refractivity contribution is 5.58. The Bertz CT molecular complexity index is 449. The fourth-order valence-electron chi connectivity index (χ4n) is 2.84. The molecular weight excluding hydrogens is 230 g/mol. The number of benzene rings is 1. The molecule has 1 aliphatic heterocycles. The molecule has 3 N–H and O–H groups in total. The molecule has 0 saturated heterocycles. The molecule has 4 nitrogen and oxygen atoms in total. The van der Waals surface area contributed by atoms with Gasteiger partial charge in [-0.05, 0) is 18.9 Å². The van der Waals surface area contributed by atoms with Gasteiger partial charge in [0.05, 0.1) is 13.2 Å². The maximum atomic E-state index is 10.4. The van der Waals surface area contributed by atoms with Gasteiger partial charge in [0.15, 0.2) is 11.5 Å². The van der Waals surface area contributed by atoms with Crippen molar-refractivity contribution < 1.29 is 14.6 Å². The third-order valence-electron chi connectivity index (χ3n) is 4.16. The third kappa shape index (κ3) is 1.63. The van der Waals surface area contributed by atoms with Crippen molar-refractivity contribution in [2.75, 3.05) is 19.8 Å². The van der Waals surface area contributed by atoms with Crippen LogP contribution in [0.25, 0.3) is 0 Å². The minimum Gasteiger partial charge on any atom is -0.504 e. The Hall–Kier alpha value is -1.42. The number of phenolic OH excluding ortho intramolecular Hbond substituents is 1. The summed E-state index contributed by atoms with van der Waals surface area (Å²) in [7, 11) is 0.